The number of hydrogen-bond acceptors (Lipinski definition) is 3. The Balaban J connectivity index is 1.49. The summed E-state index contributed by atoms with van der Waals surface area (Å²) in [5.74, 6) is -0.411. The first kappa shape index (κ1) is 17.0. The second-order valence-corrected chi connectivity index (χ2v) is 6.90. The highest BCUT2D eigenvalue weighted by atomic mass is 19.1. The number of aromatic nitrogens is 2. The molecule has 2 N–H and O–H groups in total. The van der Waals surface area contributed by atoms with Crippen molar-refractivity contribution >= 4 is 5.91 Å². The minimum atomic E-state index is -0.285. The zero-order valence-electron chi connectivity index (χ0n) is 14.7. The molecule has 136 valence electrons. The molecular weight excluding hydrogens is 331 g/mol. The van der Waals surface area contributed by atoms with E-state index < -0.39 is 0 Å². The maximum Gasteiger partial charge on any atom is 0.269 e. The minimum absolute atomic E-state index is 0.0684. The Morgan fingerprint density at radius 2 is 2.12 bits per heavy atom. The summed E-state index contributed by atoms with van der Waals surface area (Å²) in [4.78, 5) is 12.2. The summed E-state index contributed by atoms with van der Waals surface area (Å²) < 4.78 is 14.9. The van der Waals surface area contributed by atoms with E-state index in [2.05, 4.69) is 21.8 Å². The normalized spacial score (nSPS) is 19.7. The van der Waals surface area contributed by atoms with E-state index in [9.17, 15) is 9.18 Å². The molecule has 1 atom stereocenters. The van der Waals surface area contributed by atoms with Gasteiger partial charge in [0.1, 0.15) is 17.7 Å². The van der Waals surface area contributed by atoms with Crippen molar-refractivity contribution in [2.45, 2.75) is 38.3 Å². The smallest absolute Gasteiger partial charge is 0.269 e. The van der Waals surface area contributed by atoms with Gasteiger partial charge in [-0.25, -0.2) is 9.07 Å². The van der Waals surface area contributed by atoms with Gasteiger partial charge in [-0.2, -0.15) is 5.10 Å². The summed E-state index contributed by atoms with van der Waals surface area (Å²) in [5.41, 5.74) is 3.53. The number of allylic oxidation sites excluding steroid dienone is 1. The van der Waals surface area contributed by atoms with Gasteiger partial charge in [0.25, 0.3) is 5.91 Å². The lowest BCUT2D eigenvalue weighted by molar-refractivity contribution is 0.0900. The Hall–Kier alpha value is -2.47. The summed E-state index contributed by atoms with van der Waals surface area (Å²) in [6, 6.07) is 7.93. The van der Waals surface area contributed by atoms with Crippen molar-refractivity contribution in [1.82, 2.24) is 20.4 Å². The third kappa shape index (κ3) is 3.55. The molecule has 0 saturated heterocycles. The summed E-state index contributed by atoms with van der Waals surface area (Å²) in [7, 11) is 0. The monoisotopic (exact) mass is 354 g/mol. The average Bonchev–Trinajstić information content (AvgIpc) is 3.11. The molecule has 6 heteroatoms. The summed E-state index contributed by atoms with van der Waals surface area (Å²) in [6.07, 6.45) is 8.31. The van der Waals surface area contributed by atoms with Crippen LogP contribution < -0.4 is 10.6 Å². The van der Waals surface area contributed by atoms with Crippen LogP contribution in [0.15, 0.2) is 42.0 Å². The molecule has 1 aromatic heterocycles. The van der Waals surface area contributed by atoms with Gasteiger partial charge in [-0.05, 0) is 62.4 Å². The van der Waals surface area contributed by atoms with Gasteiger partial charge in [0.15, 0.2) is 0 Å². The molecule has 0 bridgehead atoms. The molecule has 1 aliphatic heterocycles. The fourth-order valence-electron chi connectivity index (χ4n) is 3.62. The second-order valence-electron chi connectivity index (χ2n) is 6.90. The number of rotatable bonds is 5. The molecule has 26 heavy (non-hydrogen) atoms. The molecule has 4 rings (SSSR count). The molecule has 2 aliphatic rings. The lowest BCUT2D eigenvalue weighted by Gasteiger charge is -2.26. The van der Waals surface area contributed by atoms with Gasteiger partial charge in [0.05, 0.1) is 12.2 Å². The van der Waals surface area contributed by atoms with E-state index in [4.69, 9.17) is 0 Å². The first-order chi connectivity index (χ1) is 12.7. The van der Waals surface area contributed by atoms with Crippen LogP contribution >= 0.6 is 0 Å². The highest BCUT2D eigenvalue weighted by molar-refractivity contribution is 5.94. The zero-order chi connectivity index (χ0) is 17.9. The number of hydrogen-bond donors (Lipinski definition) is 2. The molecule has 0 saturated carbocycles. The van der Waals surface area contributed by atoms with Crippen LogP contribution in [0.4, 0.5) is 4.39 Å². The zero-order valence-corrected chi connectivity index (χ0v) is 14.7. The number of nitrogens with zero attached hydrogens (tertiary/aromatic N) is 2. The van der Waals surface area contributed by atoms with Crippen LogP contribution in [-0.2, 0) is 0 Å². The fraction of sp³-hybridized carbons (Fsp3) is 0.400. The van der Waals surface area contributed by atoms with Gasteiger partial charge in [0, 0.05) is 12.1 Å². The van der Waals surface area contributed by atoms with Gasteiger partial charge in [0.2, 0.25) is 0 Å². The Labute approximate surface area is 152 Å². The van der Waals surface area contributed by atoms with Gasteiger partial charge in [-0.3, -0.25) is 10.1 Å². The quantitative estimate of drug-likeness (QED) is 0.809. The third-order valence-electron chi connectivity index (χ3n) is 5.07. The van der Waals surface area contributed by atoms with E-state index in [1.54, 1.807) is 22.9 Å². The molecule has 1 aliphatic carbocycles. The number of fused-ring (bicyclic) bond motifs is 1. The molecular formula is C20H23FN4O. The predicted molar refractivity (Wildman–Crippen MR) is 98.2 cm³/mol. The molecule has 1 aromatic carbocycles. The number of carbonyl (C=O) groups excluding carboxylic acids is 1. The largest absolute Gasteiger partial charge is 0.347 e. The van der Waals surface area contributed by atoms with Crippen molar-refractivity contribution in [2.24, 2.45) is 0 Å². The van der Waals surface area contributed by atoms with Gasteiger partial charge < -0.3 is 5.32 Å². The Morgan fingerprint density at radius 1 is 1.27 bits per heavy atom. The maximum atomic E-state index is 13.1. The van der Waals surface area contributed by atoms with Crippen molar-refractivity contribution in [3.63, 3.8) is 0 Å². The standard InChI is InChI=1S/C20H23FN4O/c21-16-8-6-15(7-9-16)17-12-18-20(26)23-13-19(25(18)24-17)22-11-10-14-4-2-1-3-5-14/h4,6-9,12,19,22H,1-3,5,10-11,13H2,(H,23,26)/t19-/m1/s1. The van der Waals surface area contributed by atoms with Crippen LogP contribution in [0.1, 0.15) is 48.8 Å². The van der Waals surface area contributed by atoms with E-state index in [1.165, 1.54) is 43.4 Å². The molecule has 0 fully saturated rings. The molecule has 0 spiro atoms. The van der Waals surface area contributed by atoms with Crippen molar-refractivity contribution < 1.29 is 9.18 Å². The summed E-state index contributed by atoms with van der Waals surface area (Å²) >= 11 is 0. The van der Waals surface area contributed by atoms with Crippen LogP contribution in [0, 0.1) is 5.82 Å². The third-order valence-corrected chi connectivity index (χ3v) is 5.07. The van der Waals surface area contributed by atoms with Gasteiger partial charge in [-0.1, -0.05) is 11.6 Å². The van der Waals surface area contributed by atoms with Crippen molar-refractivity contribution in [1.29, 1.82) is 0 Å². The van der Waals surface area contributed by atoms with Crippen LogP contribution in [0.25, 0.3) is 11.3 Å². The van der Waals surface area contributed by atoms with E-state index in [0.717, 1.165) is 18.5 Å². The summed E-state index contributed by atoms with van der Waals surface area (Å²) in [6.45, 7) is 1.37. The Morgan fingerprint density at radius 3 is 2.88 bits per heavy atom. The SMILES string of the molecule is O=C1NC[C@H](NCCC2=CCCCC2)n2nc(-c3ccc(F)cc3)cc21. The number of benzene rings is 1. The van der Waals surface area contributed by atoms with Crippen LogP contribution in [0.5, 0.6) is 0 Å². The van der Waals surface area contributed by atoms with Crippen LogP contribution in [-0.4, -0.2) is 28.8 Å². The predicted octanol–water partition coefficient (Wildman–Crippen LogP) is 3.41. The first-order valence-electron chi connectivity index (χ1n) is 9.26. The molecule has 2 heterocycles. The molecule has 0 radical (unpaired) electrons. The highest BCUT2D eigenvalue weighted by Crippen LogP contribution is 2.24. The number of carbonyl (C=O) groups is 1. The van der Waals surface area contributed by atoms with Crippen molar-refractivity contribution in [2.75, 3.05) is 13.1 Å². The first-order valence-corrected chi connectivity index (χ1v) is 9.26. The topological polar surface area (TPSA) is 59.0 Å². The average molecular weight is 354 g/mol. The van der Waals surface area contributed by atoms with E-state index in [1.807, 2.05) is 0 Å². The Kier molecular flexibility index (Phi) is 4.84. The lowest BCUT2D eigenvalue weighted by atomic mass is 9.97. The van der Waals surface area contributed by atoms with Crippen molar-refractivity contribution in [3.8, 4) is 11.3 Å². The van der Waals surface area contributed by atoms with Crippen molar-refractivity contribution in [3.05, 3.63) is 53.5 Å². The van der Waals surface area contributed by atoms with Gasteiger partial charge >= 0.3 is 0 Å². The van der Waals surface area contributed by atoms with E-state index in [0.29, 0.717) is 17.9 Å². The number of nitrogens with one attached hydrogen (secondary N) is 2. The minimum Gasteiger partial charge on any atom is -0.347 e. The van der Waals surface area contributed by atoms with E-state index in [-0.39, 0.29) is 17.9 Å². The summed E-state index contributed by atoms with van der Waals surface area (Å²) in [5, 5.41) is 11.0. The Bertz CT molecular complexity index is 825. The molecule has 2 aromatic rings. The van der Waals surface area contributed by atoms with Gasteiger partial charge in [-0.15, -0.1) is 0 Å². The second kappa shape index (κ2) is 7.41. The van der Waals surface area contributed by atoms with Crippen LogP contribution in [0.3, 0.4) is 0 Å². The molecule has 0 unspecified atom stereocenters. The fourth-order valence-corrected chi connectivity index (χ4v) is 3.62. The molecule has 5 nitrogen and oxygen atoms in total. The maximum absolute atomic E-state index is 13.1. The van der Waals surface area contributed by atoms with E-state index >= 15 is 0 Å². The number of halogens is 1. The number of amides is 1. The van der Waals surface area contributed by atoms with Crippen LogP contribution in [0.2, 0.25) is 0 Å². The lowest BCUT2D eigenvalue weighted by Crippen LogP contribution is -2.45. The molecule has 1 amide bonds. The highest BCUT2D eigenvalue weighted by Gasteiger charge is 2.27.